The average molecular weight is 906 g/mol. The number of rotatable bonds is 21. The van der Waals surface area contributed by atoms with Crippen LogP contribution < -0.4 is 16.4 Å². The van der Waals surface area contributed by atoms with Gasteiger partial charge in [-0.1, -0.05) is 0 Å². The lowest BCUT2D eigenvalue weighted by Gasteiger charge is -2.50. The maximum atomic E-state index is 12.7. The molecule has 0 bridgehead atoms. The number of ether oxygens (including phenoxy) is 8. The van der Waals surface area contributed by atoms with Crippen molar-refractivity contribution in [1.82, 2.24) is 10.6 Å². The van der Waals surface area contributed by atoms with E-state index in [0.717, 1.165) is 13.8 Å². The minimum Gasteiger partial charge on any atom is -0.394 e. The number of nitrogens with one attached hydrogen (secondary N) is 2. The van der Waals surface area contributed by atoms with Crippen LogP contribution in [0.4, 0.5) is 0 Å². The van der Waals surface area contributed by atoms with Crippen LogP contribution >= 0.6 is 0 Å². The molecule has 4 heterocycles. The number of carbonyl (C=O) groups is 3. The van der Waals surface area contributed by atoms with E-state index in [4.69, 9.17) is 43.6 Å². The lowest BCUT2D eigenvalue weighted by atomic mass is 9.89. The molecule has 4 rings (SSSR count). The largest absolute Gasteiger partial charge is 0.394 e. The van der Waals surface area contributed by atoms with Crippen LogP contribution in [-0.2, 0) is 52.3 Å². The van der Waals surface area contributed by atoms with Gasteiger partial charge in [0.25, 0.3) is 0 Å². The maximum absolute atomic E-state index is 12.7. The fourth-order valence-electron chi connectivity index (χ4n) is 7.62. The smallest absolute Gasteiger partial charge is 0.228 e. The first-order valence-electron chi connectivity index (χ1n) is 20.2. The molecule has 4 fully saturated rings. The monoisotopic (exact) mass is 905 g/mol. The van der Waals surface area contributed by atoms with E-state index in [2.05, 4.69) is 10.6 Å². The summed E-state index contributed by atoms with van der Waals surface area (Å²) in [6.45, 7) is -1.02. The SMILES string of the molecule is CC(=O)NC1C(O[C@@H]2OC(CO)[C@H](O)C(O)[C@@H]2O)[C@H](O)C(CO[C@]2(C=O)C[C@@H](O)[C@@H](NC(C)=O)C([C@H](O)[C@H](O)CO)O2)O[C@H]1OC1[C@@H](O)C(CO)O[C@@H](OCCCCCN)[C@H]1O. The molecule has 26 nitrogen and oxygen atoms in total. The molecule has 0 aromatic heterocycles. The normalized spacial score (nSPS) is 42.4. The van der Waals surface area contributed by atoms with Crippen LogP contribution in [0, 0.1) is 0 Å². The number of unbranched alkanes of at least 4 members (excludes halogenated alkanes) is 2. The van der Waals surface area contributed by atoms with Gasteiger partial charge in [-0.15, -0.1) is 0 Å². The quantitative estimate of drug-likeness (QED) is 0.0376. The van der Waals surface area contributed by atoms with Gasteiger partial charge in [-0.3, -0.25) is 14.4 Å². The number of hydrogen-bond acceptors (Lipinski definition) is 24. The van der Waals surface area contributed by atoms with E-state index >= 15 is 0 Å². The molecular weight excluding hydrogens is 842 g/mol. The third kappa shape index (κ3) is 12.6. The Labute approximate surface area is 355 Å². The molecule has 2 amide bonds. The van der Waals surface area contributed by atoms with E-state index in [1.54, 1.807) is 0 Å². The zero-order valence-corrected chi connectivity index (χ0v) is 34.1. The van der Waals surface area contributed by atoms with Crippen molar-refractivity contribution in [2.45, 2.75) is 168 Å². The van der Waals surface area contributed by atoms with Crippen LogP contribution in [0.5, 0.6) is 0 Å². The maximum Gasteiger partial charge on any atom is 0.228 e. The first-order chi connectivity index (χ1) is 29.4. The molecule has 0 aromatic carbocycles. The summed E-state index contributed by atoms with van der Waals surface area (Å²) >= 11 is 0. The number of aldehydes is 1. The number of amides is 2. The van der Waals surface area contributed by atoms with Crippen LogP contribution in [0.15, 0.2) is 0 Å². The third-order valence-corrected chi connectivity index (χ3v) is 11.0. The van der Waals surface area contributed by atoms with Crippen LogP contribution in [0.3, 0.4) is 0 Å². The van der Waals surface area contributed by atoms with Crippen molar-refractivity contribution in [3.05, 3.63) is 0 Å². The van der Waals surface area contributed by atoms with Crippen LogP contribution in [-0.4, -0.2) is 247 Å². The van der Waals surface area contributed by atoms with Gasteiger partial charge >= 0.3 is 0 Å². The highest BCUT2D eigenvalue weighted by molar-refractivity contribution is 5.74. The zero-order chi connectivity index (χ0) is 46.1. The molecule has 21 atom stereocenters. The first kappa shape index (κ1) is 52.4. The number of aliphatic hydroxyl groups excluding tert-OH is 12. The number of carbonyl (C=O) groups excluding carboxylic acids is 3. The van der Waals surface area contributed by atoms with Gasteiger partial charge in [-0.25, -0.2) is 0 Å². The number of aliphatic hydroxyl groups is 12. The minimum atomic E-state index is -2.53. The third-order valence-electron chi connectivity index (χ3n) is 11.0. The molecule has 26 heteroatoms. The Balaban J connectivity index is 1.71. The Bertz CT molecular complexity index is 1410. The summed E-state index contributed by atoms with van der Waals surface area (Å²) in [7, 11) is 0. The Kier molecular flexibility index (Phi) is 20.1. The van der Waals surface area contributed by atoms with Crippen molar-refractivity contribution in [3.8, 4) is 0 Å². The average Bonchev–Trinajstić information content (AvgIpc) is 3.24. The summed E-state index contributed by atoms with van der Waals surface area (Å²) in [5.74, 6) is -4.04. The summed E-state index contributed by atoms with van der Waals surface area (Å²) < 4.78 is 46.5. The Hall–Kier alpha value is -2.23. The lowest BCUT2D eigenvalue weighted by molar-refractivity contribution is -0.371. The van der Waals surface area contributed by atoms with Gasteiger partial charge in [0.2, 0.25) is 17.6 Å². The molecular formula is C36H63N3O23. The predicted octanol–water partition coefficient (Wildman–Crippen LogP) is -8.99. The van der Waals surface area contributed by atoms with Gasteiger partial charge in [0, 0.05) is 26.9 Å². The first-order valence-corrected chi connectivity index (χ1v) is 20.2. The summed E-state index contributed by atoms with van der Waals surface area (Å²) in [6.07, 6.45) is -31.5. The van der Waals surface area contributed by atoms with Gasteiger partial charge in [-0.05, 0) is 25.8 Å². The van der Waals surface area contributed by atoms with Gasteiger partial charge < -0.3 is 116 Å². The molecule has 0 radical (unpaired) electrons. The highest BCUT2D eigenvalue weighted by Gasteiger charge is 2.57. The second-order valence-electron chi connectivity index (χ2n) is 15.6. The lowest BCUT2D eigenvalue weighted by Crippen LogP contribution is -2.70. The van der Waals surface area contributed by atoms with Crippen molar-refractivity contribution >= 4 is 18.1 Å². The molecule has 4 aliphatic heterocycles. The van der Waals surface area contributed by atoms with Crippen molar-refractivity contribution in [1.29, 1.82) is 0 Å². The molecule has 0 aliphatic carbocycles. The van der Waals surface area contributed by atoms with Gasteiger partial charge in [0.15, 0.2) is 25.2 Å². The highest BCUT2D eigenvalue weighted by Crippen LogP contribution is 2.36. The highest BCUT2D eigenvalue weighted by atomic mass is 16.8. The Morgan fingerprint density at radius 2 is 1.32 bits per heavy atom. The van der Waals surface area contributed by atoms with Crippen molar-refractivity contribution in [2.75, 3.05) is 39.6 Å². The van der Waals surface area contributed by atoms with Crippen LogP contribution in [0.1, 0.15) is 39.5 Å². The summed E-state index contributed by atoms with van der Waals surface area (Å²) in [5, 5.41) is 133. The molecule has 4 aliphatic rings. The van der Waals surface area contributed by atoms with Crippen molar-refractivity contribution in [3.63, 3.8) is 0 Å². The number of hydrogen-bond donors (Lipinski definition) is 15. The topological polar surface area (TPSA) is 418 Å². The summed E-state index contributed by atoms with van der Waals surface area (Å²) in [4.78, 5) is 37.4. The molecule has 8 unspecified atom stereocenters. The standard InChI is InChI=1S/C36H63N3O23/c1-14(44)38-21-16(46)8-36(13-43,62-31(21)23(48)17(47)9-40)56-12-20-26(51)30(60-35-28(53)27(52)24(49)18(10-41)58-35)22(39-15(2)45)33(59-20)61-32-25(50)19(11-42)57-34(29(32)54)55-7-5-3-4-6-37/h13,16-35,40-42,46-54H,3-12,37H2,1-2H3,(H,38,44)(H,39,45)/t16-,17-,18?,19?,20?,21-,22?,23-,24+,25+,26-,27?,28+,29+,30?,31?,32?,33+,34-,35+,36-/m1/s1. The van der Waals surface area contributed by atoms with E-state index in [1.807, 2.05) is 0 Å². The number of nitrogens with two attached hydrogens (primary N) is 1. The van der Waals surface area contributed by atoms with Crippen LogP contribution in [0.2, 0.25) is 0 Å². The van der Waals surface area contributed by atoms with Gasteiger partial charge in [0.05, 0.1) is 38.6 Å². The summed E-state index contributed by atoms with van der Waals surface area (Å²) in [5.41, 5.74) is 5.55. The minimum absolute atomic E-state index is 0.0510. The Morgan fingerprint density at radius 1 is 0.742 bits per heavy atom. The fraction of sp³-hybridized carbons (Fsp3) is 0.917. The van der Waals surface area contributed by atoms with E-state index in [-0.39, 0.29) is 12.9 Å². The molecule has 0 spiro atoms. The van der Waals surface area contributed by atoms with E-state index in [1.165, 1.54) is 0 Å². The molecule has 62 heavy (non-hydrogen) atoms. The molecule has 0 saturated carbocycles. The van der Waals surface area contributed by atoms with E-state index in [9.17, 15) is 75.7 Å². The second-order valence-corrected chi connectivity index (χ2v) is 15.6. The second kappa shape index (κ2) is 23.8. The van der Waals surface area contributed by atoms with Gasteiger partial charge in [0.1, 0.15) is 91.5 Å². The summed E-state index contributed by atoms with van der Waals surface area (Å²) in [6, 6.07) is -3.15. The van der Waals surface area contributed by atoms with Crippen molar-refractivity contribution < 1.29 is 114 Å². The van der Waals surface area contributed by atoms with Crippen molar-refractivity contribution in [2.24, 2.45) is 5.73 Å². The van der Waals surface area contributed by atoms with Gasteiger partial charge in [-0.2, -0.15) is 0 Å². The molecule has 360 valence electrons. The Morgan fingerprint density at radius 3 is 1.92 bits per heavy atom. The van der Waals surface area contributed by atoms with E-state index < -0.39 is 173 Å². The zero-order valence-electron chi connectivity index (χ0n) is 34.1. The molecule has 16 N–H and O–H groups in total. The molecule has 0 aromatic rings. The predicted molar refractivity (Wildman–Crippen MR) is 199 cm³/mol. The fourth-order valence-corrected chi connectivity index (χ4v) is 7.62. The van der Waals surface area contributed by atoms with E-state index in [0.29, 0.717) is 25.8 Å². The van der Waals surface area contributed by atoms with Crippen LogP contribution in [0.25, 0.3) is 0 Å². The molecule has 4 saturated heterocycles.